The van der Waals surface area contributed by atoms with E-state index in [0.717, 1.165) is 31.3 Å². The van der Waals surface area contributed by atoms with Gasteiger partial charge in [0.25, 0.3) is 11.5 Å². The van der Waals surface area contributed by atoms with Gasteiger partial charge in [0.15, 0.2) is 5.69 Å². The minimum Gasteiger partial charge on any atom is -0.374 e. The minimum atomic E-state index is -5.33. The van der Waals surface area contributed by atoms with Crippen LogP contribution in [0.25, 0.3) is 0 Å². The van der Waals surface area contributed by atoms with E-state index in [1.165, 1.54) is 0 Å². The summed E-state index contributed by atoms with van der Waals surface area (Å²) in [6.45, 7) is -2.37. The molecule has 0 bridgehead atoms. The second kappa shape index (κ2) is 9.59. The average molecular weight is 545 g/mol. The predicted octanol–water partition coefficient (Wildman–Crippen LogP) is 3.43. The second-order valence-electron chi connectivity index (χ2n) is 7.85. The Bertz CT molecular complexity index is 1200. The molecule has 202 valence electrons. The molecular formula is C20H16F9N5O3. The molecule has 0 saturated heterocycles. The summed E-state index contributed by atoms with van der Waals surface area (Å²) in [5, 5.41) is 10.1. The Morgan fingerprint density at radius 2 is 1.65 bits per heavy atom. The van der Waals surface area contributed by atoms with Crippen molar-refractivity contribution < 1.29 is 53.9 Å². The highest BCUT2D eigenvalue weighted by Gasteiger charge is 2.65. The summed E-state index contributed by atoms with van der Waals surface area (Å²) >= 11 is 0. The molecule has 0 aliphatic carbocycles. The van der Waals surface area contributed by atoms with E-state index in [4.69, 9.17) is 0 Å². The lowest BCUT2D eigenvalue weighted by atomic mass is 9.86. The number of alkyl halides is 9. The third-order valence-corrected chi connectivity index (χ3v) is 5.09. The van der Waals surface area contributed by atoms with E-state index in [-0.39, 0.29) is 16.8 Å². The Morgan fingerprint density at radius 1 is 1.03 bits per heavy atom. The Kier molecular flexibility index (Phi) is 7.20. The number of hydrogen-bond acceptors (Lipinski definition) is 5. The first kappa shape index (κ1) is 27.8. The molecule has 2 amide bonds. The highest BCUT2D eigenvalue weighted by molar-refractivity contribution is 6.03. The Labute approximate surface area is 201 Å². The molecule has 0 radical (unpaired) electrons. The summed E-state index contributed by atoms with van der Waals surface area (Å²) < 4.78 is 119. The van der Waals surface area contributed by atoms with Crippen molar-refractivity contribution in [3.05, 3.63) is 52.8 Å². The molecule has 2 N–H and O–H groups in total. The van der Waals surface area contributed by atoms with Crippen molar-refractivity contribution in [3.63, 3.8) is 0 Å². The number of carbonyl (C=O) groups excluding carboxylic acids is 2. The van der Waals surface area contributed by atoms with Gasteiger partial charge in [0.2, 0.25) is 5.91 Å². The number of aromatic nitrogens is 2. The summed E-state index contributed by atoms with van der Waals surface area (Å²) in [7, 11) is 1.02. The number of rotatable bonds is 6. The largest absolute Gasteiger partial charge is 0.435 e. The summed E-state index contributed by atoms with van der Waals surface area (Å²) in [5.74, 6) is -2.00. The average Bonchev–Trinajstić information content (AvgIpc) is 3.40. The fourth-order valence-electron chi connectivity index (χ4n) is 3.37. The number of oxime groups is 1. The molecule has 8 nitrogen and oxygen atoms in total. The maximum atomic E-state index is 14.1. The van der Waals surface area contributed by atoms with Crippen LogP contribution in [0.1, 0.15) is 33.6 Å². The molecule has 2 heterocycles. The van der Waals surface area contributed by atoms with Gasteiger partial charge in [-0.15, -0.1) is 0 Å². The van der Waals surface area contributed by atoms with E-state index in [9.17, 15) is 49.1 Å². The van der Waals surface area contributed by atoms with Gasteiger partial charge in [-0.2, -0.15) is 44.6 Å². The molecule has 17 heteroatoms. The number of aryl methyl sites for hydroxylation is 1. The van der Waals surface area contributed by atoms with Crippen molar-refractivity contribution in [2.45, 2.75) is 30.6 Å². The van der Waals surface area contributed by atoms with E-state index < -0.39 is 66.7 Å². The lowest BCUT2D eigenvalue weighted by molar-refractivity contribution is -0.277. The van der Waals surface area contributed by atoms with Crippen molar-refractivity contribution in [2.75, 3.05) is 13.1 Å². The summed E-state index contributed by atoms with van der Waals surface area (Å²) in [6, 6.07) is 4.50. The molecule has 0 spiro atoms. The van der Waals surface area contributed by atoms with E-state index in [2.05, 4.69) is 20.4 Å². The molecule has 0 fully saturated rings. The summed E-state index contributed by atoms with van der Waals surface area (Å²) in [6.07, 6.45) is -15.8. The first-order valence-electron chi connectivity index (χ1n) is 10.1. The van der Waals surface area contributed by atoms with E-state index in [0.29, 0.717) is 10.9 Å². The normalized spacial score (nSPS) is 18.3. The lowest BCUT2D eigenvalue weighted by Gasteiger charge is -2.29. The molecule has 1 aliphatic rings. The lowest BCUT2D eigenvalue weighted by Crippen LogP contribution is -2.43. The molecule has 1 aliphatic heterocycles. The molecule has 1 unspecified atom stereocenters. The number of hydrogen-bond donors (Lipinski definition) is 2. The molecular weight excluding hydrogens is 529 g/mol. The Balaban J connectivity index is 1.75. The zero-order valence-corrected chi connectivity index (χ0v) is 18.5. The van der Waals surface area contributed by atoms with Gasteiger partial charge in [-0.25, -0.2) is 0 Å². The van der Waals surface area contributed by atoms with Gasteiger partial charge in [0.05, 0.1) is 24.2 Å². The van der Waals surface area contributed by atoms with Gasteiger partial charge in [-0.1, -0.05) is 17.3 Å². The van der Waals surface area contributed by atoms with Crippen molar-refractivity contribution >= 4 is 17.5 Å². The van der Waals surface area contributed by atoms with Crippen LogP contribution in [0.3, 0.4) is 0 Å². The third-order valence-electron chi connectivity index (χ3n) is 5.09. The van der Waals surface area contributed by atoms with Gasteiger partial charge in [-0.05, 0) is 17.7 Å². The zero-order chi connectivity index (χ0) is 27.8. The Morgan fingerprint density at radius 3 is 2.19 bits per heavy atom. The van der Waals surface area contributed by atoms with Gasteiger partial charge in [0, 0.05) is 18.8 Å². The number of halogens is 9. The summed E-state index contributed by atoms with van der Waals surface area (Å²) in [4.78, 5) is 28.1. The second-order valence-corrected chi connectivity index (χ2v) is 7.85. The number of nitrogens with one attached hydrogen (secondary N) is 2. The van der Waals surface area contributed by atoms with Crippen LogP contribution in [-0.2, 0) is 28.5 Å². The quantitative estimate of drug-likeness (QED) is 0.544. The summed E-state index contributed by atoms with van der Waals surface area (Å²) in [5.41, 5.74) is -7.01. The number of benzene rings is 1. The molecule has 3 rings (SSSR count). The first-order chi connectivity index (χ1) is 16.9. The van der Waals surface area contributed by atoms with Crippen LogP contribution in [0.2, 0.25) is 0 Å². The number of amides is 2. The first-order valence-corrected chi connectivity index (χ1v) is 10.1. The van der Waals surface area contributed by atoms with Crippen LogP contribution in [0.5, 0.6) is 0 Å². The van der Waals surface area contributed by atoms with E-state index in [1.54, 1.807) is 5.32 Å². The maximum Gasteiger partial charge on any atom is 0.435 e. The van der Waals surface area contributed by atoms with Gasteiger partial charge in [-0.3, -0.25) is 14.3 Å². The van der Waals surface area contributed by atoms with Crippen LogP contribution < -0.4 is 10.6 Å². The van der Waals surface area contributed by atoms with Crippen LogP contribution in [0.15, 0.2) is 35.6 Å². The van der Waals surface area contributed by atoms with Crippen LogP contribution >= 0.6 is 0 Å². The van der Waals surface area contributed by atoms with Crippen molar-refractivity contribution in [2.24, 2.45) is 12.2 Å². The fraction of sp³-hybridized carbons (Fsp3) is 0.400. The van der Waals surface area contributed by atoms with Crippen molar-refractivity contribution in [1.29, 1.82) is 0 Å². The topological polar surface area (TPSA) is 97.6 Å². The van der Waals surface area contributed by atoms with E-state index in [1.807, 2.05) is 0 Å². The maximum absolute atomic E-state index is 14.1. The molecule has 0 saturated carbocycles. The highest BCUT2D eigenvalue weighted by atomic mass is 19.4. The van der Waals surface area contributed by atoms with Crippen LogP contribution in [0.4, 0.5) is 39.5 Å². The van der Waals surface area contributed by atoms with Crippen LogP contribution in [-0.4, -0.2) is 52.7 Å². The molecule has 37 heavy (non-hydrogen) atoms. The van der Waals surface area contributed by atoms with Crippen molar-refractivity contribution in [3.8, 4) is 0 Å². The van der Waals surface area contributed by atoms with E-state index >= 15 is 0 Å². The van der Waals surface area contributed by atoms with Gasteiger partial charge >= 0.3 is 18.5 Å². The third kappa shape index (κ3) is 6.14. The SMILES string of the molecule is Cn1cc(C2(C(F)(F)F)CC(c3ccc(C(=O)NCC(=O)NCC(F)(F)F)cc3)=NO2)c(C(F)(F)F)n1. The van der Waals surface area contributed by atoms with Gasteiger partial charge in [0.1, 0.15) is 6.54 Å². The van der Waals surface area contributed by atoms with Gasteiger partial charge < -0.3 is 15.5 Å². The predicted molar refractivity (Wildman–Crippen MR) is 106 cm³/mol. The minimum absolute atomic E-state index is 0.0111. The fourth-order valence-corrected chi connectivity index (χ4v) is 3.37. The molecule has 1 aromatic carbocycles. The number of carbonyl (C=O) groups is 2. The highest BCUT2D eigenvalue weighted by Crippen LogP contribution is 2.51. The zero-order valence-electron chi connectivity index (χ0n) is 18.5. The molecule has 2 aromatic rings. The van der Waals surface area contributed by atoms with Crippen LogP contribution in [0, 0.1) is 0 Å². The molecule has 1 atom stereocenters. The smallest absolute Gasteiger partial charge is 0.374 e. The van der Waals surface area contributed by atoms with Crippen molar-refractivity contribution in [1.82, 2.24) is 20.4 Å². The monoisotopic (exact) mass is 545 g/mol. The standard InChI is InChI=1S/C20H16F9N5O3/c1-34-8-12(15(32-34)19(24,25)26)17(20(27,28)29)6-13(33-37-17)10-2-4-11(5-3-10)16(36)30-7-14(35)31-9-18(21,22)23/h2-5,8H,6-7,9H2,1H3,(H,30,36)(H,31,35). The Hall–Kier alpha value is -3.79. The number of nitrogens with zero attached hydrogens (tertiary/aromatic N) is 3. The molecule has 1 aromatic heterocycles.